The van der Waals surface area contributed by atoms with Gasteiger partial charge in [0.2, 0.25) is 0 Å². The zero-order chi connectivity index (χ0) is 16.6. The molecule has 2 aromatic heterocycles. The number of hydrogen-bond donors (Lipinski definition) is 1. The predicted octanol–water partition coefficient (Wildman–Crippen LogP) is 4.09. The summed E-state index contributed by atoms with van der Waals surface area (Å²) in [6, 6.07) is 6.08. The summed E-state index contributed by atoms with van der Waals surface area (Å²) in [5, 5.41) is 0. The molecule has 23 heavy (non-hydrogen) atoms. The Balaban J connectivity index is 1.80. The number of rotatable bonds is 3. The summed E-state index contributed by atoms with van der Waals surface area (Å²) in [6.45, 7) is 3.32. The first-order chi connectivity index (χ1) is 10.9. The molecule has 0 saturated carbocycles. The largest absolute Gasteiger partial charge is 0.451 e. The number of carbonyl (C=O) groups excluding carboxylic acids is 1. The number of aromatic nitrogens is 3. The minimum Gasteiger partial charge on any atom is -0.451 e. The van der Waals surface area contributed by atoms with Gasteiger partial charge in [0.25, 0.3) is 0 Å². The Bertz CT molecular complexity index is 894. The average molecular weight is 378 g/mol. The normalized spacial score (nSPS) is 12.3. The van der Waals surface area contributed by atoms with E-state index in [2.05, 4.69) is 30.9 Å². The van der Waals surface area contributed by atoms with E-state index in [-0.39, 0.29) is 5.56 Å². The van der Waals surface area contributed by atoms with Crippen LogP contribution in [0, 0.1) is 12.7 Å². The molecule has 0 saturated heterocycles. The molecule has 3 rings (SSSR count). The van der Waals surface area contributed by atoms with Crippen molar-refractivity contribution in [2.24, 2.45) is 0 Å². The van der Waals surface area contributed by atoms with Crippen LogP contribution in [0.1, 0.15) is 34.8 Å². The fourth-order valence-corrected chi connectivity index (χ4v) is 2.42. The van der Waals surface area contributed by atoms with Gasteiger partial charge in [0.05, 0.1) is 11.1 Å². The van der Waals surface area contributed by atoms with E-state index >= 15 is 0 Å². The second-order valence-corrected chi connectivity index (χ2v) is 6.07. The molecule has 1 unspecified atom stereocenters. The number of esters is 1. The molecule has 0 aliphatic rings. The van der Waals surface area contributed by atoms with E-state index in [4.69, 9.17) is 4.74 Å². The Morgan fingerprint density at radius 2 is 2.17 bits per heavy atom. The zero-order valence-corrected chi connectivity index (χ0v) is 14.0. The fourth-order valence-electron chi connectivity index (χ4n) is 2.09. The highest BCUT2D eigenvalue weighted by Gasteiger charge is 2.18. The second kappa shape index (κ2) is 6.08. The van der Waals surface area contributed by atoms with Gasteiger partial charge in [0.1, 0.15) is 11.6 Å². The quantitative estimate of drug-likeness (QED) is 0.698. The number of benzene rings is 1. The highest BCUT2D eigenvalue weighted by Crippen LogP contribution is 2.21. The third-order valence-corrected chi connectivity index (χ3v) is 3.83. The molecule has 0 aliphatic heterocycles. The van der Waals surface area contributed by atoms with Gasteiger partial charge in [0, 0.05) is 10.7 Å². The van der Waals surface area contributed by atoms with Crippen LogP contribution < -0.4 is 0 Å². The third kappa shape index (κ3) is 3.24. The van der Waals surface area contributed by atoms with Crippen molar-refractivity contribution in [3.8, 4) is 0 Å². The highest BCUT2D eigenvalue weighted by atomic mass is 79.9. The van der Waals surface area contributed by atoms with Gasteiger partial charge in [-0.25, -0.2) is 19.2 Å². The molecule has 1 atom stereocenters. The van der Waals surface area contributed by atoms with Gasteiger partial charge in [-0.3, -0.25) is 0 Å². The Labute approximate surface area is 140 Å². The number of nitrogens with one attached hydrogen (secondary N) is 1. The van der Waals surface area contributed by atoms with Gasteiger partial charge >= 0.3 is 5.97 Å². The van der Waals surface area contributed by atoms with Crippen LogP contribution in [0.15, 0.2) is 34.9 Å². The van der Waals surface area contributed by atoms with E-state index in [0.29, 0.717) is 17.0 Å². The number of aryl methyl sites for hydroxylation is 1. The summed E-state index contributed by atoms with van der Waals surface area (Å²) in [5.41, 5.74) is 1.91. The molecule has 5 nitrogen and oxygen atoms in total. The number of H-pyrrole nitrogens is 1. The van der Waals surface area contributed by atoms with E-state index in [1.165, 1.54) is 12.1 Å². The van der Waals surface area contributed by atoms with Crippen LogP contribution >= 0.6 is 15.9 Å². The smallest absolute Gasteiger partial charge is 0.338 e. The molecule has 1 aromatic carbocycles. The Hall–Kier alpha value is -2.28. The second-order valence-electron chi connectivity index (χ2n) is 5.16. The maximum absolute atomic E-state index is 13.5. The fraction of sp³-hybridized carbons (Fsp3) is 0.188. The topological polar surface area (TPSA) is 67.9 Å². The summed E-state index contributed by atoms with van der Waals surface area (Å²) < 4.78 is 19.7. The van der Waals surface area contributed by atoms with Gasteiger partial charge < -0.3 is 9.72 Å². The number of halogens is 2. The van der Waals surface area contributed by atoms with Crippen LogP contribution in [-0.2, 0) is 4.74 Å². The van der Waals surface area contributed by atoms with Crippen LogP contribution in [-0.4, -0.2) is 20.9 Å². The SMILES string of the molecule is Cc1ccc(C(=O)OC(C)c2nc3ncc(Br)cc3[nH]2)cc1F. The van der Waals surface area contributed by atoms with Gasteiger partial charge in [-0.1, -0.05) is 6.07 Å². The molecule has 118 valence electrons. The van der Waals surface area contributed by atoms with Crippen molar-refractivity contribution < 1.29 is 13.9 Å². The number of fused-ring (bicyclic) bond motifs is 1. The van der Waals surface area contributed by atoms with Crippen molar-refractivity contribution in [1.29, 1.82) is 0 Å². The number of aromatic amines is 1. The number of imidazole rings is 1. The van der Waals surface area contributed by atoms with Crippen molar-refractivity contribution in [2.45, 2.75) is 20.0 Å². The molecule has 2 heterocycles. The van der Waals surface area contributed by atoms with E-state index in [1.807, 2.05) is 6.07 Å². The van der Waals surface area contributed by atoms with Crippen molar-refractivity contribution >= 4 is 33.1 Å². The highest BCUT2D eigenvalue weighted by molar-refractivity contribution is 9.10. The first-order valence-electron chi connectivity index (χ1n) is 6.92. The molecule has 0 radical (unpaired) electrons. The van der Waals surface area contributed by atoms with Crippen molar-refractivity contribution in [3.05, 3.63) is 57.7 Å². The van der Waals surface area contributed by atoms with Crippen LogP contribution in [0.4, 0.5) is 4.39 Å². The third-order valence-electron chi connectivity index (χ3n) is 3.40. The summed E-state index contributed by atoms with van der Waals surface area (Å²) >= 11 is 3.33. The first kappa shape index (κ1) is 15.6. The molecule has 1 N–H and O–H groups in total. The van der Waals surface area contributed by atoms with Gasteiger partial charge in [0.15, 0.2) is 11.8 Å². The van der Waals surface area contributed by atoms with Crippen LogP contribution in [0.25, 0.3) is 11.2 Å². The maximum Gasteiger partial charge on any atom is 0.338 e. The van der Waals surface area contributed by atoms with Crippen molar-refractivity contribution in [2.75, 3.05) is 0 Å². The van der Waals surface area contributed by atoms with Crippen molar-refractivity contribution in [1.82, 2.24) is 15.0 Å². The molecule has 0 aliphatic carbocycles. The maximum atomic E-state index is 13.5. The average Bonchev–Trinajstić information content (AvgIpc) is 2.93. The number of pyridine rings is 1. The summed E-state index contributed by atoms with van der Waals surface area (Å²) in [7, 11) is 0. The lowest BCUT2D eigenvalue weighted by Crippen LogP contribution is -2.10. The molecular weight excluding hydrogens is 365 g/mol. The minimum absolute atomic E-state index is 0.164. The first-order valence-corrected chi connectivity index (χ1v) is 7.71. The number of ether oxygens (including phenoxy) is 1. The summed E-state index contributed by atoms with van der Waals surface area (Å²) in [5.74, 6) is -0.567. The molecule has 0 amide bonds. The van der Waals surface area contributed by atoms with Gasteiger partial charge in [-0.05, 0) is 53.5 Å². The lowest BCUT2D eigenvalue weighted by atomic mass is 10.1. The van der Waals surface area contributed by atoms with E-state index in [1.54, 1.807) is 26.1 Å². The Morgan fingerprint density at radius 1 is 1.39 bits per heavy atom. The van der Waals surface area contributed by atoms with E-state index in [9.17, 15) is 9.18 Å². The number of nitrogens with zero attached hydrogens (tertiary/aromatic N) is 2. The van der Waals surface area contributed by atoms with Crippen LogP contribution in [0.3, 0.4) is 0 Å². The number of hydrogen-bond acceptors (Lipinski definition) is 4. The predicted molar refractivity (Wildman–Crippen MR) is 86.6 cm³/mol. The molecule has 0 fully saturated rings. The Morgan fingerprint density at radius 3 is 2.91 bits per heavy atom. The van der Waals surface area contributed by atoms with E-state index < -0.39 is 17.9 Å². The molecule has 0 bridgehead atoms. The lowest BCUT2D eigenvalue weighted by molar-refractivity contribution is 0.0321. The van der Waals surface area contributed by atoms with Crippen LogP contribution in [0.2, 0.25) is 0 Å². The van der Waals surface area contributed by atoms with Gasteiger partial charge in [-0.2, -0.15) is 0 Å². The standard InChI is InChI=1S/C16H13BrFN3O2/c1-8-3-4-10(5-12(8)18)16(22)23-9(2)14-20-13-6-11(17)7-19-15(13)21-14/h3-7,9H,1-2H3,(H,19,20,21). The minimum atomic E-state index is -0.611. The molecule has 0 spiro atoms. The monoisotopic (exact) mass is 377 g/mol. The molecule has 7 heteroatoms. The summed E-state index contributed by atoms with van der Waals surface area (Å²) in [6.07, 6.45) is 1.03. The van der Waals surface area contributed by atoms with Crippen molar-refractivity contribution in [3.63, 3.8) is 0 Å². The van der Waals surface area contributed by atoms with E-state index in [0.717, 1.165) is 9.99 Å². The molecule has 3 aromatic rings. The molecular formula is C16H13BrFN3O2. The Kier molecular flexibility index (Phi) is 4.12. The number of carbonyl (C=O) groups is 1. The zero-order valence-electron chi connectivity index (χ0n) is 12.4. The van der Waals surface area contributed by atoms with Gasteiger partial charge in [-0.15, -0.1) is 0 Å². The summed E-state index contributed by atoms with van der Waals surface area (Å²) in [4.78, 5) is 23.6. The van der Waals surface area contributed by atoms with Crippen LogP contribution in [0.5, 0.6) is 0 Å². The lowest BCUT2D eigenvalue weighted by Gasteiger charge is -2.11.